The average Bonchev–Trinajstić information content (AvgIpc) is 2.38. The first-order valence-electron chi connectivity index (χ1n) is 5.91. The van der Waals surface area contributed by atoms with Crippen LogP contribution >= 0.6 is 0 Å². The van der Waals surface area contributed by atoms with Crippen molar-refractivity contribution in [1.82, 2.24) is 4.57 Å². The van der Waals surface area contributed by atoms with E-state index in [1.165, 1.54) is 27.7 Å². The van der Waals surface area contributed by atoms with Crippen LogP contribution in [0.3, 0.4) is 0 Å². The van der Waals surface area contributed by atoms with Crippen LogP contribution < -0.4 is 0 Å². The van der Waals surface area contributed by atoms with Crippen LogP contribution in [-0.2, 0) is 5.54 Å². The summed E-state index contributed by atoms with van der Waals surface area (Å²) in [5, 5.41) is 1.39. The summed E-state index contributed by atoms with van der Waals surface area (Å²) in [6.45, 7) is 13.4. The normalized spacial score (nSPS) is 12.4. The molecule has 0 bridgehead atoms. The van der Waals surface area contributed by atoms with Gasteiger partial charge in [-0.2, -0.15) is 0 Å². The van der Waals surface area contributed by atoms with Crippen LogP contribution in [0.25, 0.3) is 10.9 Å². The molecule has 0 aliphatic heterocycles. The lowest BCUT2D eigenvalue weighted by molar-refractivity contribution is 0.402. The van der Waals surface area contributed by atoms with Gasteiger partial charge in [0.05, 0.1) is 0 Å². The summed E-state index contributed by atoms with van der Waals surface area (Å²) in [7, 11) is 0. The van der Waals surface area contributed by atoms with Crippen molar-refractivity contribution in [1.29, 1.82) is 0 Å². The summed E-state index contributed by atoms with van der Waals surface area (Å²) in [6, 6.07) is 6.73. The topological polar surface area (TPSA) is 4.93 Å². The first kappa shape index (κ1) is 11.3. The Morgan fingerprint density at radius 1 is 1.00 bits per heavy atom. The number of benzene rings is 1. The van der Waals surface area contributed by atoms with Crippen molar-refractivity contribution < 1.29 is 0 Å². The quantitative estimate of drug-likeness (QED) is 0.616. The zero-order chi connectivity index (χ0) is 12.1. The maximum atomic E-state index is 2.45. The van der Waals surface area contributed by atoms with Crippen LogP contribution in [0.2, 0.25) is 0 Å². The third-order valence-corrected chi connectivity index (χ3v) is 3.35. The van der Waals surface area contributed by atoms with E-state index in [0.717, 1.165) is 0 Å². The highest BCUT2D eigenvalue weighted by molar-refractivity contribution is 5.86. The van der Waals surface area contributed by atoms with E-state index in [4.69, 9.17) is 0 Å². The zero-order valence-corrected chi connectivity index (χ0v) is 11.2. The third kappa shape index (κ3) is 1.55. The predicted octanol–water partition coefficient (Wildman–Crippen LogP) is 4.32. The van der Waals surface area contributed by atoms with Gasteiger partial charge in [-0.15, -0.1) is 0 Å². The molecule has 0 N–H and O–H groups in total. The molecule has 1 aromatic heterocycles. The molecular formula is C15H21N. The van der Waals surface area contributed by atoms with Gasteiger partial charge in [-0.05, 0) is 58.7 Å². The van der Waals surface area contributed by atoms with Gasteiger partial charge in [0.25, 0.3) is 0 Å². The van der Waals surface area contributed by atoms with Crippen LogP contribution in [0, 0.1) is 20.8 Å². The van der Waals surface area contributed by atoms with E-state index < -0.39 is 0 Å². The molecule has 1 heteroatoms. The third-order valence-electron chi connectivity index (χ3n) is 3.35. The van der Waals surface area contributed by atoms with Crippen LogP contribution in [0.4, 0.5) is 0 Å². The van der Waals surface area contributed by atoms with Gasteiger partial charge in [-0.1, -0.05) is 12.1 Å². The van der Waals surface area contributed by atoms with Gasteiger partial charge in [-0.25, -0.2) is 0 Å². The number of nitrogens with zero attached hydrogens (tertiary/aromatic N) is 1. The molecule has 1 aromatic carbocycles. The minimum absolute atomic E-state index is 0.143. The van der Waals surface area contributed by atoms with Gasteiger partial charge < -0.3 is 4.57 Å². The van der Waals surface area contributed by atoms with Gasteiger partial charge in [0, 0.05) is 22.1 Å². The van der Waals surface area contributed by atoms with Crippen molar-refractivity contribution in [2.45, 2.75) is 47.1 Å². The highest BCUT2D eigenvalue weighted by Crippen LogP contribution is 2.31. The first-order chi connectivity index (χ1) is 7.32. The van der Waals surface area contributed by atoms with Gasteiger partial charge in [0.15, 0.2) is 0 Å². The van der Waals surface area contributed by atoms with Crippen molar-refractivity contribution in [3.63, 3.8) is 0 Å². The number of hydrogen-bond acceptors (Lipinski definition) is 0. The summed E-state index contributed by atoms with van der Waals surface area (Å²) in [5.74, 6) is 0. The maximum absolute atomic E-state index is 2.45. The largest absolute Gasteiger partial charge is 0.339 e. The van der Waals surface area contributed by atoms with Crippen LogP contribution in [0.15, 0.2) is 18.2 Å². The minimum Gasteiger partial charge on any atom is -0.339 e. The Bertz CT molecular complexity index is 539. The molecule has 1 nitrogen and oxygen atoms in total. The fourth-order valence-electron chi connectivity index (χ4n) is 2.55. The van der Waals surface area contributed by atoms with Gasteiger partial charge in [-0.3, -0.25) is 0 Å². The lowest BCUT2D eigenvalue weighted by Gasteiger charge is -2.25. The van der Waals surface area contributed by atoms with E-state index in [1.807, 2.05) is 0 Å². The first-order valence-corrected chi connectivity index (χ1v) is 5.91. The molecule has 0 aliphatic rings. The lowest BCUT2D eigenvalue weighted by atomic mass is 10.1. The molecule has 0 saturated heterocycles. The number of rotatable bonds is 0. The molecule has 0 unspecified atom stereocenters. The highest BCUT2D eigenvalue weighted by Gasteiger charge is 2.20. The molecule has 1 heterocycles. The molecule has 0 spiro atoms. The monoisotopic (exact) mass is 215 g/mol. The van der Waals surface area contributed by atoms with Crippen molar-refractivity contribution in [2.24, 2.45) is 0 Å². The summed E-state index contributed by atoms with van der Waals surface area (Å²) in [5.41, 5.74) is 5.63. The van der Waals surface area contributed by atoms with Crippen molar-refractivity contribution >= 4 is 10.9 Å². The lowest BCUT2D eigenvalue weighted by Crippen LogP contribution is -2.22. The Hall–Kier alpha value is -1.24. The molecular weight excluding hydrogens is 194 g/mol. The Balaban J connectivity index is 2.92. The predicted molar refractivity (Wildman–Crippen MR) is 71.1 cm³/mol. The second kappa shape index (κ2) is 3.38. The van der Waals surface area contributed by atoms with E-state index in [9.17, 15) is 0 Å². The summed E-state index contributed by atoms with van der Waals surface area (Å²) < 4.78 is 2.45. The van der Waals surface area contributed by atoms with Gasteiger partial charge in [0.1, 0.15) is 0 Å². The Morgan fingerprint density at radius 2 is 1.62 bits per heavy atom. The Kier molecular flexibility index (Phi) is 2.37. The van der Waals surface area contributed by atoms with Crippen molar-refractivity contribution in [3.8, 4) is 0 Å². The molecule has 86 valence electrons. The van der Waals surface area contributed by atoms with Crippen LogP contribution in [0.1, 0.15) is 37.6 Å². The number of hydrogen-bond donors (Lipinski definition) is 0. The highest BCUT2D eigenvalue weighted by atomic mass is 15.1. The van der Waals surface area contributed by atoms with Crippen molar-refractivity contribution in [2.75, 3.05) is 0 Å². The fraction of sp³-hybridized carbons (Fsp3) is 0.467. The minimum atomic E-state index is 0.143. The van der Waals surface area contributed by atoms with E-state index in [0.29, 0.717) is 0 Å². The number of aromatic nitrogens is 1. The second-order valence-corrected chi connectivity index (χ2v) is 5.74. The molecule has 0 radical (unpaired) electrons. The molecule has 0 aliphatic carbocycles. The standard InChI is InChI=1S/C15H21N/c1-10-7-8-13-11(2)12(3)16(14(13)9-10)15(4,5)6/h7-9H,1-6H3. The van der Waals surface area contributed by atoms with E-state index in [-0.39, 0.29) is 5.54 Å². The molecule has 2 rings (SSSR count). The summed E-state index contributed by atoms with van der Waals surface area (Å²) >= 11 is 0. The van der Waals surface area contributed by atoms with Gasteiger partial charge in [0.2, 0.25) is 0 Å². The maximum Gasteiger partial charge on any atom is 0.0492 e. The van der Waals surface area contributed by atoms with Crippen molar-refractivity contribution in [3.05, 3.63) is 35.0 Å². The van der Waals surface area contributed by atoms with E-state index >= 15 is 0 Å². The molecule has 0 saturated carbocycles. The smallest absolute Gasteiger partial charge is 0.0492 e. The second-order valence-electron chi connectivity index (χ2n) is 5.74. The zero-order valence-electron chi connectivity index (χ0n) is 11.2. The van der Waals surface area contributed by atoms with E-state index in [1.54, 1.807) is 0 Å². The molecule has 0 fully saturated rings. The Morgan fingerprint density at radius 3 is 2.19 bits per heavy atom. The van der Waals surface area contributed by atoms with E-state index in [2.05, 4.69) is 64.3 Å². The summed E-state index contributed by atoms with van der Waals surface area (Å²) in [6.07, 6.45) is 0. The number of aryl methyl sites for hydroxylation is 2. The molecule has 0 atom stereocenters. The molecule has 0 amide bonds. The van der Waals surface area contributed by atoms with Crippen LogP contribution in [0.5, 0.6) is 0 Å². The van der Waals surface area contributed by atoms with Crippen LogP contribution in [-0.4, -0.2) is 4.57 Å². The molecule has 16 heavy (non-hydrogen) atoms. The number of fused-ring (bicyclic) bond motifs is 1. The average molecular weight is 215 g/mol. The summed E-state index contributed by atoms with van der Waals surface area (Å²) in [4.78, 5) is 0. The SMILES string of the molecule is Cc1ccc2c(C)c(C)n(C(C)(C)C)c2c1. The molecule has 2 aromatic rings. The fourth-order valence-corrected chi connectivity index (χ4v) is 2.55. The van der Waals surface area contributed by atoms with Gasteiger partial charge >= 0.3 is 0 Å². The Labute approximate surface area is 98.1 Å².